The zero-order chi connectivity index (χ0) is 12.6. The Morgan fingerprint density at radius 2 is 1.62 bits per heavy atom. The number of phenolic OH excluding ortho intramolecular Hbond substituents is 1. The van der Waals surface area contributed by atoms with E-state index < -0.39 is 7.32 Å². The second kappa shape index (κ2) is 9.36. The molecule has 10 heteroatoms. The molecule has 0 spiro atoms. The summed E-state index contributed by atoms with van der Waals surface area (Å²) in [5.74, 6) is -0.190. The van der Waals surface area contributed by atoms with Crippen LogP contribution in [0.25, 0.3) is 0 Å². The first-order valence-electron chi connectivity index (χ1n) is 3.83. The van der Waals surface area contributed by atoms with Crippen molar-refractivity contribution in [2.75, 3.05) is 0 Å². The molecule has 16 heavy (non-hydrogen) atoms. The van der Waals surface area contributed by atoms with Gasteiger partial charge >= 0.3 is 95.2 Å². The normalized spacial score (nSPS) is 9.38. The summed E-state index contributed by atoms with van der Waals surface area (Å²) in [6.07, 6.45) is 0. The molecule has 0 radical (unpaired) electrons. The summed E-state index contributed by atoms with van der Waals surface area (Å²) < 4.78 is 44.2. The molecule has 0 bridgehead atoms. The summed E-state index contributed by atoms with van der Waals surface area (Å²) in [6, 6.07) is 4.36. The SMILES string of the molecule is FOB(OF)OF.Oc1cccc(F)[c]1[K]. The fourth-order valence-electron chi connectivity index (χ4n) is 0.637. The van der Waals surface area contributed by atoms with Crippen LogP contribution in [-0.2, 0) is 14.6 Å². The molecule has 1 aromatic rings. The van der Waals surface area contributed by atoms with Gasteiger partial charge in [-0.15, -0.1) is 0 Å². The molecule has 1 N–H and O–H groups in total. The molecule has 0 fully saturated rings. The van der Waals surface area contributed by atoms with Crippen molar-refractivity contribution < 1.29 is 37.7 Å². The van der Waals surface area contributed by atoms with Crippen LogP contribution in [-0.4, -0.2) is 61.4 Å². The monoisotopic (exact) mass is 266 g/mol. The zero-order valence-electron chi connectivity index (χ0n) is 7.99. The molecule has 84 valence electrons. The van der Waals surface area contributed by atoms with Crippen LogP contribution in [0, 0.1) is 5.82 Å². The van der Waals surface area contributed by atoms with Gasteiger partial charge in [-0.1, -0.05) is 13.6 Å². The predicted octanol–water partition coefficient (Wildman–Crippen LogP) is 1.000. The Morgan fingerprint density at radius 3 is 1.88 bits per heavy atom. The molecule has 0 atom stereocenters. The summed E-state index contributed by atoms with van der Waals surface area (Å²) >= 11 is 0.211. The summed E-state index contributed by atoms with van der Waals surface area (Å²) in [4.78, 5) is 7.06. The summed E-state index contributed by atoms with van der Waals surface area (Å²) in [7, 11) is -2.51. The van der Waals surface area contributed by atoms with Crippen LogP contribution in [0.5, 0.6) is 5.75 Å². The Balaban J connectivity index is 0.000000293. The summed E-state index contributed by atoms with van der Waals surface area (Å²) in [5.41, 5.74) is 0. The molecule has 0 unspecified atom stereocenters. The van der Waals surface area contributed by atoms with Gasteiger partial charge in [0.25, 0.3) is 0 Å². The first-order chi connectivity index (χ1) is 7.56. The molecule has 1 rings (SSSR count). The summed E-state index contributed by atoms with van der Waals surface area (Å²) in [6.45, 7) is 0. The van der Waals surface area contributed by atoms with E-state index in [2.05, 4.69) is 14.6 Å². The van der Waals surface area contributed by atoms with Crippen LogP contribution in [0.15, 0.2) is 18.2 Å². The van der Waals surface area contributed by atoms with Crippen LogP contribution in [0.1, 0.15) is 0 Å². The van der Waals surface area contributed by atoms with Crippen LogP contribution in [0.2, 0.25) is 0 Å². The molecular weight excluding hydrogens is 262 g/mol. The van der Waals surface area contributed by atoms with E-state index in [-0.39, 0.29) is 60.5 Å². The molecule has 0 aliphatic rings. The standard InChI is InChI=1S/C6H4FO.BF3O3.K/c7-5-2-1-3-6(8)4-5;2-5-1(6-3)7-4;/h1-3,8H;;. The maximum atomic E-state index is 12.5. The number of halogens is 4. The third-order valence-electron chi connectivity index (χ3n) is 1.46. The van der Waals surface area contributed by atoms with E-state index in [1.54, 1.807) is 0 Å². The number of hydrogen-bond acceptors (Lipinski definition) is 4. The molecule has 4 nitrogen and oxygen atoms in total. The first kappa shape index (κ1) is 16.3. The van der Waals surface area contributed by atoms with Crippen LogP contribution in [0.3, 0.4) is 0 Å². The van der Waals surface area contributed by atoms with Gasteiger partial charge in [0.15, 0.2) is 0 Å². The van der Waals surface area contributed by atoms with E-state index in [0.29, 0.717) is -0.342 Å². The Kier molecular flexibility index (Phi) is 9.55. The number of benzene rings is 1. The fraction of sp³-hybridized carbons (Fsp3) is 0. The molecule has 0 saturated carbocycles. The second-order valence-electron chi connectivity index (χ2n) is 2.44. The van der Waals surface area contributed by atoms with Gasteiger partial charge in [-0.3, -0.25) is 0 Å². The molecule has 0 aromatic heterocycles. The quantitative estimate of drug-likeness (QED) is 0.655. The van der Waals surface area contributed by atoms with Crippen molar-refractivity contribution in [1.82, 2.24) is 0 Å². The maximum absolute atomic E-state index is 12.5. The fourth-order valence-corrected chi connectivity index (χ4v) is 1.16. The van der Waals surface area contributed by atoms with Crippen molar-refractivity contribution in [3.8, 4) is 5.75 Å². The van der Waals surface area contributed by atoms with E-state index in [1.807, 2.05) is 0 Å². The van der Waals surface area contributed by atoms with Crippen molar-refractivity contribution >= 4 is 55.9 Å². The van der Waals surface area contributed by atoms with E-state index in [1.165, 1.54) is 18.2 Å². The number of rotatable bonds is 3. The second-order valence-corrected chi connectivity index (χ2v) is 4.00. The Morgan fingerprint density at radius 1 is 1.12 bits per heavy atom. The molecule has 0 amide bonds. The molecule has 0 saturated heterocycles. The Hall–Kier alpha value is 0.321. The van der Waals surface area contributed by atoms with Gasteiger partial charge in [0.2, 0.25) is 0 Å². The molecule has 0 heterocycles. The van der Waals surface area contributed by atoms with E-state index in [9.17, 15) is 18.0 Å². The Labute approximate surface area is 122 Å². The minimum atomic E-state index is -2.51. The van der Waals surface area contributed by atoms with Crippen molar-refractivity contribution in [3.63, 3.8) is 0 Å². The third-order valence-corrected chi connectivity index (χ3v) is 3.00. The number of aromatic hydroxyl groups is 1. The van der Waals surface area contributed by atoms with E-state index >= 15 is 0 Å². The van der Waals surface area contributed by atoms with Gasteiger partial charge in [0.1, 0.15) is 0 Å². The van der Waals surface area contributed by atoms with E-state index in [4.69, 9.17) is 5.11 Å². The van der Waals surface area contributed by atoms with Crippen molar-refractivity contribution in [2.24, 2.45) is 0 Å². The minimum absolute atomic E-state index is 0.0926. The molecular formula is C6H4BF4KO4. The zero-order valence-corrected chi connectivity index (χ0v) is 11.1. The van der Waals surface area contributed by atoms with Gasteiger partial charge in [0.05, 0.1) is 0 Å². The average molecular weight is 266 g/mol. The van der Waals surface area contributed by atoms with Gasteiger partial charge in [-0.05, 0) is 0 Å². The van der Waals surface area contributed by atoms with Gasteiger partial charge in [0, 0.05) is 0 Å². The predicted molar refractivity (Wildman–Crippen MR) is 45.8 cm³/mol. The first-order valence-corrected chi connectivity index (χ1v) is 5.39. The van der Waals surface area contributed by atoms with Gasteiger partial charge in [-0.25, -0.2) is 0 Å². The molecule has 0 aliphatic carbocycles. The van der Waals surface area contributed by atoms with Crippen molar-refractivity contribution in [3.05, 3.63) is 24.0 Å². The van der Waals surface area contributed by atoms with Gasteiger partial charge < -0.3 is 0 Å². The van der Waals surface area contributed by atoms with Crippen LogP contribution >= 0.6 is 0 Å². The average Bonchev–Trinajstić information content (AvgIpc) is 2.29. The van der Waals surface area contributed by atoms with Gasteiger partial charge in [-0.2, -0.15) is 14.6 Å². The van der Waals surface area contributed by atoms with Crippen molar-refractivity contribution in [1.29, 1.82) is 0 Å². The van der Waals surface area contributed by atoms with Crippen LogP contribution < -0.4 is -0.342 Å². The van der Waals surface area contributed by atoms with Crippen LogP contribution in [0.4, 0.5) is 18.0 Å². The number of phenols is 1. The Bertz CT molecular complexity index is 289. The summed E-state index contributed by atoms with van der Waals surface area (Å²) in [5, 5.41) is 8.91. The number of hydrogen-bond donors (Lipinski definition) is 1. The molecule has 1 aromatic carbocycles. The molecule has 0 aliphatic heterocycles. The van der Waals surface area contributed by atoms with E-state index in [0.717, 1.165) is 0 Å². The van der Waals surface area contributed by atoms with Crippen molar-refractivity contribution in [2.45, 2.75) is 0 Å². The third kappa shape index (κ3) is 6.15. The topological polar surface area (TPSA) is 47.9 Å².